The fourth-order valence-electron chi connectivity index (χ4n) is 4.58. The fourth-order valence-corrected chi connectivity index (χ4v) is 7.15. The van der Waals surface area contributed by atoms with Gasteiger partial charge in [-0.2, -0.15) is 52.4 Å². The maximum atomic E-state index is 13.7. The average molecular weight is 835 g/mol. The van der Waals surface area contributed by atoms with Gasteiger partial charge in [-0.1, -0.05) is 0 Å². The molecule has 0 saturated carbocycles. The van der Waals surface area contributed by atoms with Crippen LogP contribution in [0.4, 0.5) is 53.1 Å². The van der Waals surface area contributed by atoms with Crippen LogP contribution in [-0.4, -0.2) is 67.0 Å². The summed E-state index contributed by atoms with van der Waals surface area (Å²) >= 11 is 0. The molecule has 0 aliphatic rings. The van der Waals surface area contributed by atoms with Crippen molar-refractivity contribution in [2.24, 2.45) is 20.5 Å². The maximum Gasteiger partial charge on any atom is 0.313 e. The molecule has 0 unspecified atom stereocenters. The molecular weight excluding hydrogens is 818 g/mol. The highest BCUT2D eigenvalue weighted by molar-refractivity contribution is 7.86. The van der Waals surface area contributed by atoms with Gasteiger partial charge < -0.3 is 16.2 Å². The summed E-state index contributed by atoms with van der Waals surface area (Å²) in [6.07, 6.45) is -1.50. The molecule has 0 fully saturated rings. The van der Waals surface area contributed by atoms with Crippen molar-refractivity contribution in [3.63, 3.8) is 0 Å². The molecule has 0 spiro atoms. The summed E-state index contributed by atoms with van der Waals surface area (Å²) in [5.74, 6) is -4.30. The van der Waals surface area contributed by atoms with E-state index in [-0.39, 0.29) is 5.69 Å². The summed E-state index contributed by atoms with van der Waals surface area (Å²) in [6, 6.07) is 5.73. The highest BCUT2D eigenvalue weighted by Gasteiger charge is 2.29. The number of hydrogen-bond donors (Lipinski definition) is 7. The fraction of sp³-hybridized carbons (Fsp3) is 0. The van der Waals surface area contributed by atoms with E-state index in [0.29, 0.717) is 42.5 Å². The van der Waals surface area contributed by atoms with Gasteiger partial charge in [0.15, 0.2) is 5.75 Å². The highest BCUT2D eigenvalue weighted by atomic mass is 32.2. The number of phenolic OH excluding ortho intramolecular Hbond substituents is 1. The lowest BCUT2D eigenvalue weighted by atomic mass is 10.1. The first-order valence-electron chi connectivity index (χ1n) is 13.6. The van der Waals surface area contributed by atoms with E-state index in [4.69, 9.17) is 5.73 Å². The Hall–Kier alpha value is -5.75. The lowest BCUT2D eigenvalue weighted by molar-refractivity contribution is 0.472. The van der Waals surface area contributed by atoms with Crippen LogP contribution in [0.5, 0.6) is 5.75 Å². The topological polar surface area (TPSA) is 351 Å². The number of nitrogen functional groups attached to an aromatic ring is 1. The monoisotopic (exact) mass is 834 g/mol. The summed E-state index contributed by atoms with van der Waals surface area (Å²) in [7, 11) is -21.2. The third-order valence-corrected chi connectivity index (χ3v) is 10.3. The quantitative estimate of drug-likeness (QED) is 0.0323. The number of halogens is 3. The average Bonchev–Trinajstić information content (AvgIpc) is 3.01. The van der Waals surface area contributed by atoms with Crippen LogP contribution in [0.2, 0.25) is 0 Å². The summed E-state index contributed by atoms with van der Waals surface area (Å²) in [6.45, 7) is 0. The predicted octanol–water partition coefficient (Wildman–Crippen LogP) is 4.90. The Morgan fingerprint density at radius 3 is 1.74 bits per heavy atom. The van der Waals surface area contributed by atoms with Crippen molar-refractivity contribution in [1.82, 2.24) is 9.97 Å². The Balaban J connectivity index is 1.76. The van der Waals surface area contributed by atoms with E-state index in [9.17, 15) is 70.2 Å². The van der Waals surface area contributed by atoms with Crippen molar-refractivity contribution in [3.05, 3.63) is 72.4 Å². The number of nitrogens with one attached hydrogen (secondary N) is 1. The van der Waals surface area contributed by atoms with Crippen molar-refractivity contribution < 1.29 is 70.2 Å². The van der Waals surface area contributed by atoms with Gasteiger partial charge in [-0.15, -0.1) is 20.5 Å². The zero-order valence-electron chi connectivity index (χ0n) is 25.7. The van der Waals surface area contributed by atoms with E-state index in [1.807, 2.05) is 0 Å². The predicted molar refractivity (Wildman–Crippen MR) is 176 cm³/mol. The Morgan fingerprint density at radius 1 is 0.611 bits per heavy atom. The molecule has 0 aliphatic heterocycles. The molecule has 28 heteroatoms. The Morgan fingerprint density at radius 2 is 1.17 bits per heavy atom. The van der Waals surface area contributed by atoms with Crippen molar-refractivity contribution in [1.29, 1.82) is 0 Å². The Bertz CT molecular complexity index is 2910. The van der Waals surface area contributed by atoms with Crippen molar-refractivity contribution >= 4 is 91.2 Å². The van der Waals surface area contributed by atoms with Gasteiger partial charge in [0.1, 0.15) is 54.0 Å². The van der Waals surface area contributed by atoms with E-state index >= 15 is 0 Å². The van der Waals surface area contributed by atoms with Crippen LogP contribution in [0.25, 0.3) is 10.8 Å². The van der Waals surface area contributed by atoms with Gasteiger partial charge in [0.05, 0.1) is 11.1 Å². The minimum atomic E-state index is -5.47. The molecule has 0 bridgehead atoms. The smallest absolute Gasteiger partial charge is 0.313 e. The van der Waals surface area contributed by atoms with Crippen LogP contribution in [0, 0.1) is 17.8 Å². The third-order valence-electron chi connectivity index (χ3n) is 6.76. The molecule has 54 heavy (non-hydrogen) atoms. The molecule has 8 N–H and O–H groups in total. The van der Waals surface area contributed by atoms with E-state index in [0.717, 1.165) is 12.1 Å². The minimum absolute atomic E-state index is 0.220. The summed E-state index contributed by atoms with van der Waals surface area (Å²) in [5.41, 5.74) is 0.999. The highest BCUT2D eigenvalue weighted by Crippen LogP contribution is 2.48. The number of hydrogen-bond acceptors (Lipinski definition) is 17. The van der Waals surface area contributed by atoms with Gasteiger partial charge in [-0.3, -0.25) is 18.2 Å². The molecule has 1 aromatic heterocycles. The molecule has 5 aromatic rings. The first kappa shape index (κ1) is 39.5. The third kappa shape index (κ3) is 8.39. The number of aromatic hydroxyl groups is 1. The Labute approximate surface area is 299 Å². The van der Waals surface area contributed by atoms with Gasteiger partial charge in [-0.05, 0) is 53.9 Å². The van der Waals surface area contributed by atoms with Crippen LogP contribution in [-0.2, 0) is 40.5 Å². The molecule has 0 saturated heterocycles. The molecule has 0 aliphatic carbocycles. The van der Waals surface area contributed by atoms with Gasteiger partial charge in [0, 0.05) is 11.8 Å². The lowest BCUT2D eigenvalue weighted by Gasteiger charge is -2.14. The largest absolute Gasteiger partial charge is 0.505 e. The molecule has 284 valence electrons. The zero-order chi connectivity index (χ0) is 40.1. The van der Waals surface area contributed by atoms with E-state index < -0.39 is 129 Å². The number of fused-ring (bicyclic) bond motifs is 1. The first-order valence-corrected chi connectivity index (χ1v) is 19.4. The number of aromatic nitrogens is 2. The lowest BCUT2D eigenvalue weighted by Crippen LogP contribution is -2.04. The molecule has 0 atom stereocenters. The number of anilines is 3. The van der Waals surface area contributed by atoms with Gasteiger partial charge in [0.25, 0.3) is 40.5 Å². The second-order valence-electron chi connectivity index (χ2n) is 10.4. The molecule has 0 radical (unpaired) electrons. The SMILES string of the molecule is Nc1c(N=Nc2ccc(F)cc2S(=O)(=O)O)c(S(=O)(=O)O)cc2cc(S(=O)(=O)O)c(N=Nc3cc(Nc4cc(F)nc(F)n4)ccc3S(=O)(=O)O)c(O)c12. The van der Waals surface area contributed by atoms with Crippen LogP contribution in [0.3, 0.4) is 0 Å². The van der Waals surface area contributed by atoms with Crippen LogP contribution in [0.15, 0.2) is 94.6 Å². The number of nitrogens with zero attached hydrogens (tertiary/aromatic N) is 6. The number of phenols is 1. The number of benzene rings is 4. The van der Waals surface area contributed by atoms with Gasteiger partial charge in [0.2, 0.25) is 5.95 Å². The summed E-state index contributed by atoms with van der Waals surface area (Å²) < 4.78 is 177. The molecular formula is C26H17F3N8O13S4. The normalized spacial score (nSPS) is 12.9. The number of rotatable bonds is 10. The van der Waals surface area contributed by atoms with Crippen molar-refractivity contribution in [2.75, 3.05) is 11.1 Å². The standard InChI is InChI=1S/C26H17F3N8O13S4/c27-11-1-3-13(16(7-11)52(42,43)44)34-36-23-17(53(45,46)47)5-10-6-18(54(48,49)50)24(25(38)21(10)22(23)30)37-35-14-8-12(2-4-15(14)51(39,40)41)31-20-9-19(28)32-26(29)33-20/h1-9,38H,30H2,(H,31,32,33)(H,39,40,41)(H,42,43,44)(H,45,46,47)(H,48,49,50). The van der Waals surface area contributed by atoms with Crippen LogP contribution >= 0.6 is 0 Å². The second-order valence-corrected chi connectivity index (χ2v) is 15.9. The molecule has 21 nitrogen and oxygen atoms in total. The molecule has 1 heterocycles. The van der Waals surface area contributed by atoms with Crippen LogP contribution < -0.4 is 11.1 Å². The van der Waals surface area contributed by atoms with Crippen molar-refractivity contribution in [2.45, 2.75) is 19.6 Å². The molecule has 5 rings (SSSR count). The van der Waals surface area contributed by atoms with E-state index in [2.05, 4.69) is 35.7 Å². The summed E-state index contributed by atoms with van der Waals surface area (Å²) in [5, 5.41) is 26.2. The zero-order valence-corrected chi connectivity index (χ0v) is 29.0. The van der Waals surface area contributed by atoms with E-state index in [1.54, 1.807) is 0 Å². The molecule has 0 amide bonds. The Kier molecular flexibility index (Phi) is 10.2. The van der Waals surface area contributed by atoms with E-state index in [1.165, 1.54) is 0 Å². The number of nitrogens with two attached hydrogens (primary N) is 1. The van der Waals surface area contributed by atoms with Crippen LogP contribution in [0.1, 0.15) is 0 Å². The van der Waals surface area contributed by atoms with Crippen molar-refractivity contribution in [3.8, 4) is 5.75 Å². The molecule has 4 aromatic carbocycles. The first-order chi connectivity index (χ1) is 24.8. The minimum Gasteiger partial charge on any atom is -0.505 e. The second kappa shape index (κ2) is 13.9. The maximum absolute atomic E-state index is 13.7. The van der Waals surface area contributed by atoms with Gasteiger partial charge >= 0.3 is 6.08 Å². The number of azo groups is 2. The summed E-state index contributed by atoms with van der Waals surface area (Å²) in [4.78, 5) is 1.35. The van der Waals surface area contributed by atoms with Gasteiger partial charge in [-0.25, -0.2) is 4.39 Å².